The van der Waals surface area contributed by atoms with E-state index in [-0.39, 0.29) is 22.3 Å². The predicted molar refractivity (Wildman–Crippen MR) is 99.4 cm³/mol. The number of rotatable bonds is 6. The summed E-state index contributed by atoms with van der Waals surface area (Å²) in [6.07, 6.45) is 3.21. The molecule has 0 spiro atoms. The summed E-state index contributed by atoms with van der Waals surface area (Å²) in [6, 6.07) is 3.50. The highest BCUT2D eigenvalue weighted by molar-refractivity contribution is 7.99. The number of carboxylic acids is 1. The Labute approximate surface area is 156 Å². The summed E-state index contributed by atoms with van der Waals surface area (Å²) in [6.45, 7) is 2.03. The molecule has 0 aliphatic rings. The van der Waals surface area contributed by atoms with Gasteiger partial charge in [0, 0.05) is 18.0 Å². The molecule has 8 nitrogen and oxygen atoms in total. The zero-order chi connectivity index (χ0) is 18.7. The monoisotopic (exact) mass is 390 g/mol. The maximum Gasteiger partial charge on any atom is 0.348 e. The molecule has 0 aliphatic heterocycles. The van der Waals surface area contributed by atoms with Crippen molar-refractivity contribution in [1.82, 2.24) is 15.0 Å². The highest BCUT2D eigenvalue weighted by Gasteiger charge is 2.22. The van der Waals surface area contributed by atoms with Crippen LogP contribution in [0.3, 0.4) is 0 Å². The molecule has 0 unspecified atom stereocenters. The molecule has 134 valence electrons. The standard InChI is InChI=1S/C16H14N4O4S2/c1-2-24-9(21)7-25-16-19-12(8-3-5-18-6-4-8)10-11(17)13(15(22)23)26-14(10)20-16/h3-6H,2,7,17H2,1H3,(H,22,23). The Kier molecular flexibility index (Phi) is 5.33. The Hall–Kier alpha value is -2.72. The molecule has 3 rings (SSSR count). The lowest BCUT2D eigenvalue weighted by molar-refractivity contribution is -0.139. The van der Waals surface area contributed by atoms with Crippen LogP contribution in [0.5, 0.6) is 0 Å². The number of fused-ring (bicyclic) bond motifs is 1. The van der Waals surface area contributed by atoms with Gasteiger partial charge in [-0.3, -0.25) is 9.78 Å². The number of anilines is 1. The van der Waals surface area contributed by atoms with Gasteiger partial charge in [0.1, 0.15) is 9.71 Å². The number of carbonyl (C=O) groups is 2. The van der Waals surface area contributed by atoms with E-state index in [1.807, 2.05) is 0 Å². The van der Waals surface area contributed by atoms with E-state index in [1.165, 1.54) is 0 Å². The van der Waals surface area contributed by atoms with Crippen LogP contribution in [0.1, 0.15) is 16.6 Å². The van der Waals surface area contributed by atoms with E-state index in [4.69, 9.17) is 10.5 Å². The first-order valence-electron chi connectivity index (χ1n) is 7.53. The summed E-state index contributed by atoms with van der Waals surface area (Å²) >= 11 is 2.10. The fourth-order valence-corrected chi connectivity index (χ4v) is 3.90. The Morgan fingerprint density at radius 3 is 2.69 bits per heavy atom. The zero-order valence-electron chi connectivity index (χ0n) is 13.6. The van der Waals surface area contributed by atoms with Crippen LogP contribution in [-0.2, 0) is 9.53 Å². The number of aromatic nitrogens is 3. The number of ether oxygens (including phenoxy) is 1. The number of esters is 1. The number of carbonyl (C=O) groups excluding carboxylic acids is 1. The van der Waals surface area contributed by atoms with Crippen molar-refractivity contribution in [3.05, 3.63) is 29.4 Å². The Morgan fingerprint density at radius 1 is 1.31 bits per heavy atom. The van der Waals surface area contributed by atoms with E-state index in [1.54, 1.807) is 31.5 Å². The molecule has 0 amide bonds. The molecule has 0 saturated heterocycles. The molecule has 3 aromatic heterocycles. The fourth-order valence-electron chi connectivity index (χ4n) is 2.27. The number of nitrogen functional groups attached to an aromatic ring is 1. The second-order valence-electron chi connectivity index (χ2n) is 5.01. The van der Waals surface area contributed by atoms with Crippen LogP contribution < -0.4 is 5.73 Å². The summed E-state index contributed by atoms with van der Waals surface area (Å²) in [5, 5.41) is 10.2. The van der Waals surface area contributed by atoms with E-state index >= 15 is 0 Å². The van der Waals surface area contributed by atoms with Gasteiger partial charge in [0.15, 0.2) is 5.16 Å². The largest absolute Gasteiger partial charge is 0.477 e. The summed E-state index contributed by atoms with van der Waals surface area (Å²) in [7, 11) is 0. The van der Waals surface area contributed by atoms with Crippen molar-refractivity contribution in [2.24, 2.45) is 0 Å². The molecule has 0 fully saturated rings. The number of aromatic carboxylic acids is 1. The number of hydrogen-bond acceptors (Lipinski definition) is 9. The van der Waals surface area contributed by atoms with E-state index < -0.39 is 5.97 Å². The average Bonchev–Trinajstić information content (AvgIpc) is 2.97. The molecule has 26 heavy (non-hydrogen) atoms. The van der Waals surface area contributed by atoms with Crippen molar-refractivity contribution in [3.8, 4) is 11.3 Å². The van der Waals surface area contributed by atoms with Crippen molar-refractivity contribution in [3.63, 3.8) is 0 Å². The summed E-state index contributed by atoms with van der Waals surface area (Å²) in [5.74, 6) is -1.43. The first-order valence-corrected chi connectivity index (χ1v) is 9.33. The molecule has 3 heterocycles. The normalized spacial score (nSPS) is 10.8. The van der Waals surface area contributed by atoms with Gasteiger partial charge in [-0.15, -0.1) is 11.3 Å². The SMILES string of the molecule is CCOC(=O)CSc1nc(-c2ccncc2)c2c(N)c(C(=O)O)sc2n1. The molecule has 3 aromatic rings. The average molecular weight is 390 g/mol. The van der Waals surface area contributed by atoms with Crippen LogP contribution in [0, 0.1) is 0 Å². The second kappa shape index (κ2) is 7.67. The summed E-state index contributed by atoms with van der Waals surface area (Å²) in [5.41, 5.74) is 7.41. The van der Waals surface area contributed by atoms with Crippen molar-refractivity contribution in [2.75, 3.05) is 18.1 Å². The van der Waals surface area contributed by atoms with Crippen LogP contribution >= 0.6 is 23.1 Å². The first-order chi connectivity index (χ1) is 12.5. The van der Waals surface area contributed by atoms with Gasteiger partial charge in [0.2, 0.25) is 0 Å². The van der Waals surface area contributed by atoms with Gasteiger partial charge < -0.3 is 15.6 Å². The number of carboxylic acid groups (broad SMARTS) is 1. The molecule has 0 saturated carbocycles. The number of thioether (sulfide) groups is 1. The van der Waals surface area contributed by atoms with Crippen molar-refractivity contribution in [2.45, 2.75) is 12.1 Å². The van der Waals surface area contributed by atoms with Gasteiger partial charge in [-0.1, -0.05) is 11.8 Å². The minimum atomic E-state index is -1.12. The minimum absolute atomic E-state index is 0.0112. The Bertz CT molecular complexity index is 975. The molecular formula is C16H14N4O4S2. The van der Waals surface area contributed by atoms with Gasteiger partial charge >= 0.3 is 11.9 Å². The molecule has 0 aromatic carbocycles. The third-order valence-electron chi connectivity index (χ3n) is 3.34. The first kappa shape index (κ1) is 18.1. The topological polar surface area (TPSA) is 128 Å². The maximum absolute atomic E-state index is 11.6. The van der Waals surface area contributed by atoms with Crippen molar-refractivity contribution in [1.29, 1.82) is 0 Å². The highest BCUT2D eigenvalue weighted by Crippen LogP contribution is 2.39. The van der Waals surface area contributed by atoms with Crippen LogP contribution in [0.25, 0.3) is 21.5 Å². The van der Waals surface area contributed by atoms with Gasteiger partial charge in [-0.2, -0.15) is 0 Å². The zero-order valence-corrected chi connectivity index (χ0v) is 15.3. The number of thiophene rings is 1. The lowest BCUT2D eigenvalue weighted by Gasteiger charge is -2.07. The van der Waals surface area contributed by atoms with Crippen LogP contribution in [0.15, 0.2) is 29.7 Å². The number of pyridine rings is 1. The van der Waals surface area contributed by atoms with Gasteiger partial charge in [-0.05, 0) is 19.1 Å². The van der Waals surface area contributed by atoms with Gasteiger partial charge in [-0.25, -0.2) is 14.8 Å². The number of hydrogen-bond donors (Lipinski definition) is 2. The van der Waals surface area contributed by atoms with E-state index in [2.05, 4.69) is 15.0 Å². The van der Waals surface area contributed by atoms with Gasteiger partial charge in [0.25, 0.3) is 0 Å². The summed E-state index contributed by atoms with van der Waals surface area (Å²) in [4.78, 5) is 36.3. The Morgan fingerprint density at radius 2 is 2.04 bits per heavy atom. The third-order valence-corrected chi connectivity index (χ3v) is 5.25. The highest BCUT2D eigenvalue weighted by atomic mass is 32.2. The molecule has 0 atom stereocenters. The Balaban J connectivity index is 2.11. The smallest absolute Gasteiger partial charge is 0.348 e. The maximum atomic E-state index is 11.6. The molecule has 0 bridgehead atoms. The van der Waals surface area contributed by atoms with Crippen LogP contribution in [0.2, 0.25) is 0 Å². The minimum Gasteiger partial charge on any atom is -0.477 e. The van der Waals surface area contributed by atoms with E-state index in [0.29, 0.717) is 27.7 Å². The molecular weight excluding hydrogens is 376 g/mol. The van der Waals surface area contributed by atoms with Crippen LogP contribution in [-0.4, -0.2) is 44.4 Å². The fraction of sp³-hybridized carbons (Fsp3) is 0.188. The summed E-state index contributed by atoms with van der Waals surface area (Å²) < 4.78 is 4.90. The predicted octanol–water partition coefficient (Wildman–Crippen LogP) is 2.69. The van der Waals surface area contributed by atoms with Crippen molar-refractivity contribution < 1.29 is 19.4 Å². The lowest BCUT2D eigenvalue weighted by atomic mass is 10.1. The molecule has 0 radical (unpaired) electrons. The lowest BCUT2D eigenvalue weighted by Crippen LogP contribution is -2.07. The van der Waals surface area contributed by atoms with E-state index in [9.17, 15) is 14.7 Å². The van der Waals surface area contributed by atoms with Crippen molar-refractivity contribution >= 4 is 50.9 Å². The molecule has 3 N–H and O–H groups in total. The molecule has 0 aliphatic carbocycles. The third kappa shape index (κ3) is 3.60. The second-order valence-corrected chi connectivity index (χ2v) is 6.96. The van der Waals surface area contributed by atoms with Crippen LogP contribution in [0.4, 0.5) is 5.69 Å². The quantitative estimate of drug-likeness (QED) is 0.371. The number of nitrogens with zero attached hydrogens (tertiary/aromatic N) is 3. The molecule has 10 heteroatoms. The van der Waals surface area contributed by atoms with E-state index in [0.717, 1.165) is 28.7 Å². The number of nitrogens with two attached hydrogens (primary N) is 1. The van der Waals surface area contributed by atoms with Gasteiger partial charge in [0.05, 0.1) is 29.1 Å².